The van der Waals surface area contributed by atoms with Crippen LogP contribution < -0.4 is 4.18 Å². The fourth-order valence-electron chi connectivity index (χ4n) is 1.30. The third-order valence-electron chi connectivity index (χ3n) is 2.06. The van der Waals surface area contributed by atoms with Gasteiger partial charge in [-0.25, -0.2) is 4.39 Å². The van der Waals surface area contributed by atoms with Crippen LogP contribution in [-0.2, 0) is 10.1 Å². The summed E-state index contributed by atoms with van der Waals surface area (Å²) in [5.41, 5.74) is 0. The molecule has 0 spiro atoms. The lowest BCUT2D eigenvalue weighted by Gasteiger charge is -2.07. The van der Waals surface area contributed by atoms with Crippen LogP contribution in [0.4, 0.5) is 4.39 Å². The van der Waals surface area contributed by atoms with Crippen LogP contribution in [0.25, 0.3) is 0 Å². The van der Waals surface area contributed by atoms with Crippen molar-refractivity contribution in [2.75, 3.05) is 0 Å². The number of halogens is 1. The third-order valence-corrected chi connectivity index (χ3v) is 3.34. The molecule has 2 rings (SSSR count). The molecule has 0 radical (unpaired) electrons. The second-order valence-electron chi connectivity index (χ2n) is 3.28. The van der Waals surface area contributed by atoms with Crippen molar-refractivity contribution in [3.8, 4) is 5.75 Å². The molecule has 0 aliphatic carbocycles. The zero-order chi connectivity index (χ0) is 12.3. The smallest absolute Gasteiger partial charge is 0.342 e. The number of para-hydroxylation sites is 1. The summed E-state index contributed by atoms with van der Waals surface area (Å²) in [5, 5.41) is 0. The molecule has 0 fully saturated rings. The standard InChI is InChI=1S/C12H9FO3S/c13-11-8-4-5-9-12(11)17(14,15)16-10-6-2-1-3-7-10/h1-9H. The summed E-state index contributed by atoms with van der Waals surface area (Å²) < 4.78 is 41.7. The van der Waals surface area contributed by atoms with E-state index in [1.165, 1.54) is 24.3 Å². The van der Waals surface area contributed by atoms with Crippen molar-refractivity contribution >= 4 is 10.1 Å². The Balaban J connectivity index is 2.36. The number of hydrogen-bond acceptors (Lipinski definition) is 3. The minimum atomic E-state index is -4.12. The van der Waals surface area contributed by atoms with E-state index in [4.69, 9.17) is 4.18 Å². The minimum absolute atomic E-state index is 0.149. The fraction of sp³-hybridized carbons (Fsp3) is 0. The van der Waals surface area contributed by atoms with Gasteiger partial charge in [0.2, 0.25) is 0 Å². The van der Waals surface area contributed by atoms with Crippen LogP contribution in [0.1, 0.15) is 0 Å². The second-order valence-corrected chi connectivity index (χ2v) is 4.80. The van der Waals surface area contributed by atoms with Gasteiger partial charge in [0.15, 0.2) is 0 Å². The normalized spacial score (nSPS) is 11.1. The van der Waals surface area contributed by atoms with Crippen LogP contribution in [0.15, 0.2) is 59.5 Å². The maximum Gasteiger partial charge on any atom is 0.342 e. The zero-order valence-electron chi connectivity index (χ0n) is 8.71. The molecule has 0 aromatic heterocycles. The second kappa shape index (κ2) is 4.55. The van der Waals surface area contributed by atoms with Gasteiger partial charge in [0, 0.05) is 0 Å². The molecule has 2 aromatic rings. The van der Waals surface area contributed by atoms with Crippen LogP contribution >= 0.6 is 0 Å². The zero-order valence-corrected chi connectivity index (χ0v) is 9.52. The Morgan fingerprint density at radius 3 is 2.12 bits per heavy atom. The van der Waals surface area contributed by atoms with Crippen LogP contribution in [0.5, 0.6) is 5.75 Å². The molecule has 0 unspecified atom stereocenters. The lowest BCUT2D eigenvalue weighted by molar-refractivity contribution is 0.476. The highest BCUT2D eigenvalue weighted by Gasteiger charge is 2.20. The molecule has 0 N–H and O–H groups in total. The molecule has 0 saturated carbocycles. The predicted octanol–water partition coefficient (Wildman–Crippen LogP) is 2.59. The first kappa shape index (κ1) is 11.6. The van der Waals surface area contributed by atoms with Crippen molar-refractivity contribution in [2.45, 2.75) is 4.90 Å². The summed E-state index contributed by atoms with van der Waals surface area (Å²) in [6.07, 6.45) is 0. The molecule has 0 heterocycles. The molecule has 5 heteroatoms. The summed E-state index contributed by atoms with van der Waals surface area (Å²) in [6.45, 7) is 0. The molecular weight excluding hydrogens is 243 g/mol. The van der Waals surface area contributed by atoms with E-state index in [1.54, 1.807) is 18.2 Å². The van der Waals surface area contributed by atoms with Gasteiger partial charge < -0.3 is 4.18 Å². The molecule has 0 amide bonds. The van der Waals surface area contributed by atoms with Crippen LogP contribution in [0, 0.1) is 5.82 Å². The van der Waals surface area contributed by atoms with Crippen molar-refractivity contribution < 1.29 is 17.0 Å². The Morgan fingerprint density at radius 1 is 0.882 bits per heavy atom. The van der Waals surface area contributed by atoms with Crippen molar-refractivity contribution in [1.29, 1.82) is 0 Å². The first-order valence-corrected chi connectivity index (χ1v) is 6.24. The summed E-state index contributed by atoms with van der Waals surface area (Å²) in [4.78, 5) is -0.469. The van der Waals surface area contributed by atoms with E-state index in [0.29, 0.717) is 0 Å². The van der Waals surface area contributed by atoms with Gasteiger partial charge >= 0.3 is 10.1 Å². The molecule has 2 aromatic carbocycles. The van der Waals surface area contributed by atoms with Gasteiger partial charge in [-0.15, -0.1) is 0 Å². The highest BCUT2D eigenvalue weighted by atomic mass is 32.2. The van der Waals surface area contributed by atoms with Crippen molar-refractivity contribution in [1.82, 2.24) is 0 Å². The number of hydrogen-bond donors (Lipinski definition) is 0. The van der Waals surface area contributed by atoms with Gasteiger partial charge in [0.25, 0.3) is 0 Å². The number of rotatable bonds is 3. The van der Waals surface area contributed by atoms with Gasteiger partial charge in [0.1, 0.15) is 16.5 Å². The first-order chi connectivity index (χ1) is 8.09. The summed E-state index contributed by atoms with van der Waals surface area (Å²) in [6, 6.07) is 13.0. The highest BCUT2D eigenvalue weighted by molar-refractivity contribution is 7.87. The van der Waals surface area contributed by atoms with Crippen LogP contribution in [0.3, 0.4) is 0 Å². The van der Waals surface area contributed by atoms with Gasteiger partial charge in [-0.3, -0.25) is 0 Å². The average Bonchev–Trinajstić information content (AvgIpc) is 2.30. The SMILES string of the molecule is O=S(=O)(Oc1ccccc1)c1ccccc1F. The molecule has 0 bridgehead atoms. The minimum Gasteiger partial charge on any atom is -0.379 e. The van der Waals surface area contributed by atoms with E-state index >= 15 is 0 Å². The van der Waals surface area contributed by atoms with Crippen molar-refractivity contribution in [2.24, 2.45) is 0 Å². The summed E-state index contributed by atoms with van der Waals surface area (Å²) in [5.74, 6) is -0.681. The van der Waals surface area contributed by atoms with E-state index in [2.05, 4.69) is 0 Å². The lowest BCUT2D eigenvalue weighted by atomic mass is 10.3. The van der Waals surface area contributed by atoms with Crippen LogP contribution in [-0.4, -0.2) is 8.42 Å². The molecule has 0 aliphatic heterocycles. The topological polar surface area (TPSA) is 43.4 Å². The Bertz CT molecular complexity index is 609. The Morgan fingerprint density at radius 2 is 1.47 bits per heavy atom. The van der Waals surface area contributed by atoms with E-state index in [1.807, 2.05) is 0 Å². The third kappa shape index (κ3) is 2.62. The lowest BCUT2D eigenvalue weighted by Crippen LogP contribution is -2.11. The van der Waals surface area contributed by atoms with Gasteiger partial charge in [-0.05, 0) is 24.3 Å². The van der Waals surface area contributed by atoms with Gasteiger partial charge in [-0.2, -0.15) is 8.42 Å². The Hall–Kier alpha value is -1.88. The Kier molecular flexibility index (Phi) is 3.10. The predicted molar refractivity (Wildman–Crippen MR) is 60.7 cm³/mol. The monoisotopic (exact) mass is 252 g/mol. The maximum atomic E-state index is 13.3. The van der Waals surface area contributed by atoms with E-state index < -0.39 is 20.8 Å². The maximum absolute atomic E-state index is 13.3. The van der Waals surface area contributed by atoms with Crippen LogP contribution in [0.2, 0.25) is 0 Å². The molecule has 17 heavy (non-hydrogen) atoms. The largest absolute Gasteiger partial charge is 0.379 e. The van der Waals surface area contributed by atoms with E-state index in [9.17, 15) is 12.8 Å². The van der Waals surface area contributed by atoms with Crippen molar-refractivity contribution in [3.63, 3.8) is 0 Å². The van der Waals surface area contributed by atoms with E-state index in [-0.39, 0.29) is 5.75 Å². The molecule has 3 nitrogen and oxygen atoms in total. The van der Waals surface area contributed by atoms with Crippen molar-refractivity contribution in [3.05, 3.63) is 60.4 Å². The Labute approximate surface area is 98.6 Å². The number of benzene rings is 2. The average molecular weight is 252 g/mol. The first-order valence-electron chi connectivity index (χ1n) is 4.84. The summed E-state index contributed by atoms with van der Waals surface area (Å²) in [7, 11) is -4.12. The molecule has 0 saturated heterocycles. The fourth-order valence-corrected chi connectivity index (χ4v) is 2.30. The highest BCUT2D eigenvalue weighted by Crippen LogP contribution is 2.19. The van der Waals surface area contributed by atoms with Gasteiger partial charge in [0.05, 0.1) is 0 Å². The quantitative estimate of drug-likeness (QED) is 0.788. The molecule has 0 atom stereocenters. The summed E-state index contributed by atoms with van der Waals surface area (Å²) >= 11 is 0. The molecular formula is C12H9FO3S. The molecule has 88 valence electrons. The van der Waals surface area contributed by atoms with E-state index in [0.717, 1.165) is 12.1 Å². The van der Waals surface area contributed by atoms with Gasteiger partial charge in [-0.1, -0.05) is 30.3 Å². The molecule has 0 aliphatic rings.